The van der Waals surface area contributed by atoms with Crippen molar-refractivity contribution in [2.75, 3.05) is 0 Å². The van der Waals surface area contributed by atoms with Gasteiger partial charge in [0.15, 0.2) is 5.76 Å². The first-order valence-electron chi connectivity index (χ1n) is 8.71. The van der Waals surface area contributed by atoms with Crippen molar-refractivity contribution in [1.29, 1.82) is 0 Å². The SMILES string of the molecule is CC(N)=O.Cc1noc2c1-c1ccccc1C(c1ccc(C(F)(F)F)cc1)=NC2. The number of fused-ring (bicyclic) bond motifs is 3. The highest BCUT2D eigenvalue weighted by Crippen LogP contribution is 2.35. The molecule has 2 heterocycles. The fourth-order valence-corrected chi connectivity index (χ4v) is 3.08. The van der Waals surface area contributed by atoms with Crippen LogP contribution in [0, 0.1) is 6.92 Å². The van der Waals surface area contributed by atoms with Crippen LogP contribution in [0.5, 0.6) is 0 Å². The van der Waals surface area contributed by atoms with Gasteiger partial charge in [0.05, 0.1) is 22.5 Å². The molecule has 0 unspecified atom stereocenters. The molecule has 0 bridgehead atoms. The average Bonchev–Trinajstić information content (AvgIpc) is 2.93. The summed E-state index contributed by atoms with van der Waals surface area (Å²) in [6.45, 7) is 3.46. The molecule has 3 aromatic rings. The van der Waals surface area contributed by atoms with Gasteiger partial charge in [-0.05, 0) is 24.6 Å². The van der Waals surface area contributed by atoms with Crippen molar-refractivity contribution in [3.8, 4) is 11.1 Å². The molecule has 0 saturated heterocycles. The van der Waals surface area contributed by atoms with Gasteiger partial charge in [-0.15, -0.1) is 0 Å². The topological polar surface area (TPSA) is 81.5 Å². The van der Waals surface area contributed by atoms with Crippen molar-refractivity contribution in [2.24, 2.45) is 10.7 Å². The van der Waals surface area contributed by atoms with E-state index in [4.69, 9.17) is 4.52 Å². The molecule has 5 nitrogen and oxygen atoms in total. The zero-order chi connectivity index (χ0) is 21.2. The van der Waals surface area contributed by atoms with Gasteiger partial charge < -0.3 is 10.3 Å². The van der Waals surface area contributed by atoms with Gasteiger partial charge in [0.1, 0.15) is 6.54 Å². The van der Waals surface area contributed by atoms with Crippen molar-refractivity contribution >= 4 is 11.6 Å². The largest absolute Gasteiger partial charge is 0.416 e. The Morgan fingerprint density at radius 2 is 1.66 bits per heavy atom. The number of aryl methyl sites for hydroxylation is 1. The van der Waals surface area contributed by atoms with E-state index in [1.54, 1.807) is 0 Å². The molecule has 29 heavy (non-hydrogen) atoms. The molecule has 8 heteroatoms. The number of hydrogen-bond acceptors (Lipinski definition) is 4. The molecule has 150 valence electrons. The Labute approximate surface area is 165 Å². The number of carbonyl (C=O) groups excluding carboxylic acids is 1. The van der Waals surface area contributed by atoms with Crippen LogP contribution in [-0.4, -0.2) is 16.8 Å². The van der Waals surface area contributed by atoms with Crippen LogP contribution in [0.15, 0.2) is 58.0 Å². The lowest BCUT2D eigenvalue weighted by Gasteiger charge is -2.12. The number of primary amides is 1. The van der Waals surface area contributed by atoms with Crippen LogP contribution < -0.4 is 5.73 Å². The van der Waals surface area contributed by atoms with E-state index in [2.05, 4.69) is 15.9 Å². The van der Waals surface area contributed by atoms with Gasteiger partial charge in [-0.2, -0.15) is 13.2 Å². The van der Waals surface area contributed by atoms with Crippen molar-refractivity contribution in [3.63, 3.8) is 0 Å². The highest BCUT2D eigenvalue weighted by atomic mass is 19.4. The molecule has 0 spiro atoms. The number of aromatic nitrogens is 1. The van der Waals surface area contributed by atoms with Crippen molar-refractivity contribution in [1.82, 2.24) is 5.16 Å². The Hall–Kier alpha value is -3.42. The predicted molar refractivity (Wildman–Crippen MR) is 102 cm³/mol. The first kappa shape index (κ1) is 20.3. The maximum atomic E-state index is 12.8. The van der Waals surface area contributed by atoms with Crippen LogP contribution >= 0.6 is 0 Å². The summed E-state index contributed by atoms with van der Waals surface area (Å²) in [4.78, 5) is 13.8. The third-order valence-corrected chi connectivity index (χ3v) is 4.25. The average molecular weight is 401 g/mol. The maximum Gasteiger partial charge on any atom is 0.416 e. The summed E-state index contributed by atoms with van der Waals surface area (Å²) < 4.78 is 43.8. The number of amides is 1. The summed E-state index contributed by atoms with van der Waals surface area (Å²) in [5.41, 5.74) is 8.53. The monoisotopic (exact) mass is 401 g/mol. The summed E-state index contributed by atoms with van der Waals surface area (Å²) in [5, 5.41) is 4.01. The predicted octanol–water partition coefficient (Wildman–Crippen LogP) is 4.51. The normalized spacial score (nSPS) is 12.7. The number of halogens is 3. The van der Waals surface area contributed by atoms with Crippen LogP contribution in [0.3, 0.4) is 0 Å². The van der Waals surface area contributed by atoms with Crippen molar-refractivity contribution < 1.29 is 22.5 Å². The van der Waals surface area contributed by atoms with E-state index in [0.717, 1.165) is 34.5 Å². The molecule has 2 N–H and O–H groups in total. The van der Waals surface area contributed by atoms with Gasteiger partial charge in [0, 0.05) is 18.1 Å². The van der Waals surface area contributed by atoms with E-state index >= 15 is 0 Å². The second-order valence-electron chi connectivity index (χ2n) is 6.46. The number of benzene rings is 2. The zero-order valence-electron chi connectivity index (χ0n) is 15.7. The van der Waals surface area contributed by atoms with Crippen LogP contribution in [0.25, 0.3) is 11.1 Å². The fourth-order valence-electron chi connectivity index (χ4n) is 3.08. The summed E-state index contributed by atoms with van der Waals surface area (Å²) >= 11 is 0. The lowest BCUT2D eigenvalue weighted by Crippen LogP contribution is -2.08. The van der Waals surface area contributed by atoms with Gasteiger partial charge in [0.25, 0.3) is 0 Å². The molecule has 0 radical (unpaired) electrons. The standard InChI is InChI=1S/C19H13F3N2O.C2H5NO/c1-11-17-14-4-2-3-5-15(14)18(23-10-16(17)25-24-11)12-6-8-13(9-7-12)19(20,21)22;1-2(3)4/h2-9H,10H2,1H3;1H3,(H2,3,4). The lowest BCUT2D eigenvalue weighted by molar-refractivity contribution is -0.137. The smallest absolute Gasteiger partial charge is 0.370 e. The minimum atomic E-state index is -4.36. The number of carbonyl (C=O) groups is 1. The van der Waals surface area contributed by atoms with Gasteiger partial charge >= 0.3 is 6.18 Å². The minimum Gasteiger partial charge on any atom is -0.370 e. The number of nitrogens with zero attached hydrogens (tertiary/aromatic N) is 2. The lowest BCUT2D eigenvalue weighted by atomic mass is 9.93. The zero-order valence-corrected chi connectivity index (χ0v) is 15.7. The summed E-state index contributed by atoms with van der Waals surface area (Å²) in [7, 11) is 0. The highest BCUT2D eigenvalue weighted by molar-refractivity contribution is 6.17. The summed E-state index contributed by atoms with van der Waals surface area (Å²) in [5.74, 6) is 0.326. The number of aliphatic imine (C=N–C) groups is 1. The van der Waals surface area contributed by atoms with Gasteiger partial charge in [-0.1, -0.05) is 41.6 Å². The molecular formula is C21H18F3N3O2. The van der Waals surface area contributed by atoms with Gasteiger partial charge in [-0.3, -0.25) is 9.79 Å². The van der Waals surface area contributed by atoms with E-state index in [1.807, 2.05) is 31.2 Å². The molecule has 0 saturated carbocycles. The molecule has 1 aromatic heterocycles. The fraction of sp³-hybridized carbons (Fsp3) is 0.190. The van der Waals surface area contributed by atoms with E-state index in [0.29, 0.717) is 23.6 Å². The third-order valence-electron chi connectivity index (χ3n) is 4.25. The number of hydrogen-bond donors (Lipinski definition) is 1. The van der Waals surface area contributed by atoms with Crippen LogP contribution in [-0.2, 0) is 17.5 Å². The summed E-state index contributed by atoms with van der Waals surface area (Å²) in [6.07, 6.45) is -4.36. The first-order valence-corrected chi connectivity index (χ1v) is 8.71. The molecule has 2 aromatic carbocycles. The Morgan fingerprint density at radius 1 is 1.07 bits per heavy atom. The van der Waals surface area contributed by atoms with Crippen LogP contribution in [0.1, 0.15) is 35.1 Å². The van der Waals surface area contributed by atoms with E-state index < -0.39 is 11.7 Å². The second-order valence-corrected chi connectivity index (χ2v) is 6.46. The quantitative estimate of drug-likeness (QED) is 0.651. The Bertz CT molecular complexity index is 1060. The Morgan fingerprint density at radius 3 is 2.24 bits per heavy atom. The van der Waals surface area contributed by atoms with Crippen LogP contribution in [0.2, 0.25) is 0 Å². The van der Waals surface area contributed by atoms with Crippen molar-refractivity contribution in [2.45, 2.75) is 26.6 Å². The molecule has 1 amide bonds. The first-order chi connectivity index (χ1) is 13.7. The molecule has 4 rings (SSSR count). The molecular weight excluding hydrogens is 383 g/mol. The Kier molecular flexibility index (Phi) is 5.54. The summed E-state index contributed by atoms with van der Waals surface area (Å²) in [6, 6.07) is 12.7. The molecule has 1 aliphatic heterocycles. The maximum absolute atomic E-state index is 12.8. The molecule has 0 atom stereocenters. The highest BCUT2D eigenvalue weighted by Gasteiger charge is 2.30. The van der Waals surface area contributed by atoms with Crippen LogP contribution in [0.4, 0.5) is 13.2 Å². The molecule has 0 aliphatic carbocycles. The van der Waals surface area contributed by atoms with E-state index in [1.165, 1.54) is 19.1 Å². The molecule has 1 aliphatic rings. The number of alkyl halides is 3. The number of nitrogens with two attached hydrogens (primary N) is 1. The molecule has 0 fully saturated rings. The van der Waals surface area contributed by atoms with E-state index in [9.17, 15) is 18.0 Å². The van der Waals surface area contributed by atoms with Gasteiger partial charge in [0.2, 0.25) is 5.91 Å². The second kappa shape index (κ2) is 7.90. The van der Waals surface area contributed by atoms with Gasteiger partial charge in [-0.25, -0.2) is 0 Å². The number of rotatable bonds is 1. The Balaban J connectivity index is 0.000000552. The third kappa shape index (κ3) is 4.37. The van der Waals surface area contributed by atoms with Crippen molar-refractivity contribution in [3.05, 3.63) is 76.7 Å². The van der Waals surface area contributed by atoms with E-state index in [-0.39, 0.29) is 5.91 Å². The minimum absolute atomic E-state index is 0.293.